The summed E-state index contributed by atoms with van der Waals surface area (Å²) in [6, 6.07) is 12.6. The first-order valence-corrected chi connectivity index (χ1v) is 6.77. The molecule has 1 unspecified atom stereocenters. The lowest BCUT2D eigenvalue weighted by molar-refractivity contribution is 0.0971. The van der Waals surface area contributed by atoms with Gasteiger partial charge in [0, 0.05) is 24.6 Å². The Hall–Kier alpha value is -2.16. The number of carbonyl (C=O) groups excluding carboxylic acids is 1. The fraction of sp³-hybridized carbons (Fsp3) is 0.235. The highest BCUT2D eigenvalue weighted by Crippen LogP contribution is 2.34. The van der Waals surface area contributed by atoms with Crippen LogP contribution in [0.2, 0.25) is 0 Å². The highest BCUT2D eigenvalue weighted by atomic mass is 19.1. The van der Waals surface area contributed by atoms with E-state index in [0.29, 0.717) is 6.42 Å². The van der Waals surface area contributed by atoms with Crippen molar-refractivity contribution in [3.8, 4) is 0 Å². The smallest absolute Gasteiger partial charge is 0.166 e. The minimum absolute atomic E-state index is 0.124. The zero-order valence-corrected chi connectivity index (χ0v) is 11.3. The van der Waals surface area contributed by atoms with Crippen LogP contribution in [0.3, 0.4) is 0 Å². The molecule has 2 nitrogen and oxygen atoms in total. The van der Waals surface area contributed by atoms with Crippen molar-refractivity contribution < 1.29 is 9.18 Å². The van der Waals surface area contributed by atoms with Crippen molar-refractivity contribution >= 4 is 11.5 Å². The van der Waals surface area contributed by atoms with E-state index in [1.165, 1.54) is 6.07 Å². The van der Waals surface area contributed by atoms with Crippen LogP contribution in [0.25, 0.3) is 0 Å². The number of para-hydroxylation sites is 1. The predicted octanol–water partition coefficient (Wildman–Crippen LogP) is 3.92. The second-order valence-electron chi connectivity index (χ2n) is 5.28. The van der Waals surface area contributed by atoms with Gasteiger partial charge in [-0.2, -0.15) is 0 Å². The fourth-order valence-electron chi connectivity index (χ4n) is 2.73. The van der Waals surface area contributed by atoms with Crippen LogP contribution in [0.15, 0.2) is 42.5 Å². The van der Waals surface area contributed by atoms with Gasteiger partial charge in [-0.05, 0) is 30.7 Å². The van der Waals surface area contributed by atoms with Gasteiger partial charge < -0.3 is 5.32 Å². The molecule has 1 aliphatic heterocycles. The van der Waals surface area contributed by atoms with Crippen LogP contribution in [0.1, 0.15) is 33.8 Å². The first-order chi connectivity index (χ1) is 9.65. The van der Waals surface area contributed by atoms with Gasteiger partial charge in [-0.1, -0.05) is 29.8 Å². The van der Waals surface area contributed by atoms with E-state index in [9.17, 15) is 9.18 Å². The van der Waals surface area contributed by atoms with Crippen LogP contribution in [-0.4, -0.2) is 12.3 Å². The Morgan fingerprint density at radius 2 is 2.10 bits per heavy atom. The molecule has 0 spiro atoms. The van der Waals surface area contributed by atoms with Gasteiger partial charge in [-0.3, -0.25) is 4.79 Å². The van der Waals surface area contributed by atoms with Crippen LogP contribution in [-0.2, 0) is 0 Å². The number of aryl methyl sites for hydroxylation is 1. The van der Waals surface area contributed by atoms with Crippen molar-refractivity contribution in [1.29, 1.82) is 0 Å². The Bertz CT molecular complexity index is 666. The molecule has 2 aromatic carbocycles. The number of anilines is 1. The molecule has 1 aliphatic rings. The summed E-state index contributed by atoms with van der Waals surface area (Å²) in [6.45, 7) is 2.60. The van der Waals surface area contributed by atoms with E-state index in [-0.39, 0.29) is 17.3 Å². The summed E-state index contributed by atoms with van der Waals surface area (Å²) >= 11 is 0. The lowest BCUT2D eigenvalue weighted by Crippen LogP contribution is -2.11. The van der Waals surface area contributed by atoms with Gasteiger partial charge in [0.15, 0.2) is 5.78 Å². The largest absolute Gasteiger partial charge is 0.384 e. The van der Waals surface area contributed by atoms with Crippen LogP contribution in [0.4, 0.5) is 10.1 Å². The topological polar surface area (TPSA) is 29.1 Å². The Labute approximate surface area is 117 Å². The normalized spacial score (nSPS) is 16.6. The van der Waals surface area contributed by atoms with E-state index in [2.05, 4.69) is 5.32 Å². The summed E-state index contributed by atoms with van der Waals surface area (Å²) < 4.78 is 13.8. The average molecular weight is 269 g/mol. The molecule has 3 rings (SSSR count). The number of carbonyl (C=O) groups is 1. The van der Waals surface area contributed by atoms with Gasteiger partial charge in [0.2, 0.25) is 0 Å². The molecule has 3 heteroatoms. The highest BCUT2D eigenvalue weighted by molar-refractivity contribution is 5.97. The van der Waals surface area contributed by atoms with Gasteiger partial charge in [0.1, 0.15) is 5.82 Å². The molecule has 0 aliphatic carbocycles. The number of ketones is 1. The zero-order chi connectivity index (χ0) is 14.1. The minimum Gasteiger partial charge on any atom is -0.384 e. The molecule has 1 N–H and O–H groups in total. The minimum atomic E-state index is -0.431. The van der Waals surface area contributed by atoms with Crippen molar-refractivity contribution in [3.05, 3.63) is 65.0 Å². The number of nitrogens with one attached hydrogen (secondary N) is 1. The maximum absolute atomic E-state index is 13.8. The van der Waals surface area contributed by atoms with Crippen LogP contribution in [0.5, 0.6) is 0 Å². The highest BCUT2D eigenvalue weighted by Gasteiger charge is 2.25. The van der Waals surface area contributed by atoms with E-state index < -0.39 is 5.82 Å². The summed E-state index contributed by atoms with van der Waals surface area (Å²) in [7, 11) is 0. The molecule has 0 saturated heterocycles. The monoisotopic (exact) mass is 269 g/mol. The van der Waals surface area contributed by atoms with Gasteiger partial charge in [-0.25, -0.2) is 4.39 Å². The lowest BCUT2D eigenvalue weighted by atomic mass is 9.92. The number of hydrogen-bond acceptors (Lipinski definition) is 2. The van der Waals surface area contributed by atoms with E-state index in [1.807, 2.05) is 31.2 Å². The molecule has 1 heterocycles. The van der Waals surface area contributed by atoms with E-state index in [0.717, 1.165) is 23.4 Å². The standard InChI is InChI=1S/C17H16FNO/c1-11-6-7-15(18)14(8-11)17(20)9-12-10-19-16-5-3-2-4-13(12)16/h2-8,12,19H,9-10H2,1H3. The SMILES string of the molecule is Cc1ccc(F)c(C(=O)CC2CNc3ccccc32)c1. The number of hydrogen-bond donors (Lipinski definition) is 1. The second kappa shape index (κ2) is 5.08. The first-order valence-electron chi connectivity index (χ1n) is 6.77. The third kappa shape index (κ3) is 2.31. The fourth-order valence-corrected chi connectivity index (χ4v) is 2.73. The maximum Gasteiger partial charge on any atom is 0.166 e. The summed E-state index contributed by atoms with van der Waals surface area (Å²) in [5, 5.41) is 3.29. The molecular formula is C17H16FNO. The quantitative estimate of drug-likeness (QED) is 0.856. The van der Waals surface area contributed by atoms with Crippen LogP contribution in [0, 0.1) is 12.7 Å². The van der Waals surface area contributed by atoms with E-state index in [1.54, 1.807) is 12.1 Å². The van der Waals surface area contributed by atoms with E-state index >= 15 is 0 Å². The first kappa shape index (κ1) is 12.9. The number of rotatable bonds is 3. The molecule has 20 heavy (non-hydrogen) atoms. The molecular weight excluding hydrogens is 253 g/mol. The third-order valence-electron chi connectivity index (χ3n) is 3.79. The molecule has 1 atom stereocenters. The zero-order valence-electron chi connectivity index (χ0n) is 11.3. The van der Waals surface area contributed by atoms with Crippen molar-refractivity contribution in [3.63, 3.8) is 0 Å². The van der Waals surface area contributed by atoms with Crippen molar-refractivity contribution in [2.24, 2.45) is 0 Å². The summed E-state index contributed by atoms with van der Waals surface area (Å²) in [4.78, 5) is 12.3. The van der Waals surface area contributed by atoms with Gasteiger partial charge in [-0.15, -0.1) is 0 Å². The average Bonchev–Trinajstić information content (AvgIpc) is 2.85. The number of halogens is 1. The number of benzene rings is 2. The summed E-state index contributed by atoms with van der Waals surface area (Å²) in [6.07, 6.45) is 0.338. The van der Waals surface area contributed by atoms with Crippen LogP contribution >= 0.6 is 0 Å². The van der Waals surface area contributed by atoms with Gasteiger partial charge in [0.05, 0.1) is 5.56 Å². The van der Waals surface area contributed by atoms with Gasteiger partial charge >= 0.3 is 0 Å². The molecule has 0 bridgehead atoms. The number of fused-ring (bicyclic) bond motifs is 1. The number of Topliss-reactive ketones (excluding diaryl/α,β-unsaturated/α-hetero) is 1. The van der Waals surface area contributed by atoms with Crippen molar-refractivity contribution in [2.45, 2.75) is 19.3 Å². The lowest BCUT2D eigenvalue weighted by Gasteiger charge is -2.10. The Morgan fingerprint density at radius 3 is 2.95 bits per heavy atom. The summed E-state index contributed by atoms with van der Waals surface area (Å²) in [5.74, 6) is -0.437. The van der Waals surface area contributed by atoms with Crippen molar-refractivity contribution in [2.75, 3.05) is 11.9 Å². The van der Waals surface area contributed by atoms with Crippen molar-refractivity contribution in [1.82, 2.24) is 0 Å². The molecule has 0 saturated carbocycles. The van der Waals surface area contributed by atoms with Crippen LogP contribution < -0.4 is 5.32 Å². The molecule has 0 aromatic heterocycles. The Balaban J connectivity index is 1.82. The molecule has 0 radical (unpaired) electrons. The summed E-state index contributed by atoms with van der Waals surface area (Å²) in [5.41, 5.74) is 3.33. The Kier molecular flexibility index (Phi) is 3.26. The molecule has 102 valence electrons. The Morgan fingerprint density at radius 1 is 1.30 bits per heavy atom. The maximum atomic E-state index is 13.8. The molecule has 0 amide bonds. The molecule has 0 fully saturated rings. The molecule has 2 aromatic rings. The van der Waals surface area contributed by atoms with E-state index in [4.69, 9.17) is 0 Å². The predicted molar refractivity (Wildman–Crippen MR) is 77.8 cm³/mol. The van der Waals surface area contributed by atoms with Gasteiger partial charge in [0.25, 0.3) is 0 Å². The third-order valence-corrected chi connectivity index (χ3v) is 3.79. The second-order valence-corrected chi connectivity index (χ2v) is 5.28.